The Hall–Kier alpha value is -2.88. The molecule has 4 aromatic rings. The number of fused-ring (bicyclic) bond motifs is 2. The van der Waals surface area contributed by atoms with Gasteiger partial charge in [0.1, 0.15) is 0 Å². The fraction of sp³-hybridized carbons (Fsp3) is 0.0588. The zero-order valence-electron chi connectivity index (χ0n) is 11.5. The molecule has 4 rings (SSSR count). The monoisotopic (exact) mass is 275 g/mol. The van der Waals surface area contributed by atoms with E-state index in [1.807, 2.05) is 43.3 Å². The molecule has 21 heavy (non-hydrogen) atoms. The first-order valence-electron chi connectivity index (χ1n) is 6.79. The Morgan fingerprint density at radius 3 is 2.76 bits per heavy atom. The molecule has 0 saturated heterocycles. The number of aryl methyl sites for hydroxylation is 1. The van der Waals surface area contributed by atoms with E-state index in [1.54, 1.807) is 12.4 Å². The molecule has 0 aliphatic heterocycles. The molecule has 0 saturated carbocycles. The molecule has 0 amide bonds. The second kappa shape index (κ2) is 4.31. The van der Waals surface area contributed by atoms with Gasteiger partial charge in [-0.2, -0.15) is 0 Å². The first-order valence-corrected chi connectivity index (χ1v) is 6.79. The van der Waals surface area contributed by atoms with Crippen LogP contribution in [0, 0.1) is 6.92 Å². The van der Waals surface area contributed by atoms with Gasteiger partial charge in [-0.25, -0.2) is 0 Å². The van der Waals surface area contributed by atoms with Gasteiger partial charge >= 0.3 is 0 Å². The van der Waals surface area contributed by atoms with E-state index in [4.69, 9.17) is 0 Å². The van der Waals surface area contributed by atoms with Crippen LogP contribution in [0.25, 0.3) is 33.1 Å². The van der Waals surface area contributed by atoms with Crippen molar-refractivity contribution in [3.8, 4) is 11.3 Å². The van der Waals surface area contributed by atoms with E-state index in [0.717, 1.165) is 33.1 Å². The average molecular weight is 275 g/mol. The van der Waals surface area contributed by atoms with E-state index in [9.17, 15) is 4.79 Å². The van der Waals surface area contributed by atoms with Gasteiger partial charge in [-0.3, -0.25) is 9.78 Å². The van der Waals surface area contributed by atoms with Crippen molar-refractivity contribution in [1.29, 1.82) is 0 Å². The van der Waals surface area contributed by atoms with Crippen LogP contribution in [0.1, 0.15) is 5.56 Å². The minimum atomic E-state index is -0.0780. The third-order valence-electron chi connectivity index (χ3n) is 3.87. The number of H-pyrrole nitrogens is 2. The highest BCUT2D eigenvalue weighted by atomic mass is 16.1. The topological polar surface area (TPSA) is 61.5 Å². The van der Waals surface area contributed by atoms with Crippen LogP contribution in [0.15, 0.2) is 53.6 Å². The van der Waals surface area contributed by atoms with Crippen molar-refractivity contribution in [2.45, 2.75) is 6.92 Å². The van der Waals surface area contributed by atoms with E-state index in [0.29, 0.717) is 5.56 Å². The molecule has 0 unspecified atom stereocenters. The number of pyridine rings is 2. The van der Waals surface area contributed by atoms with Crippen molar-refractivity contribution in [3.05, 3.63) is 64.7 Å². The third kappa shape index (κ3) is 1.76. The van der Waals surface area contributed by atoms with E-state index >= 15 is 0 Å². The summed E-state index contributed by atoms with van der Waals surface area (Å²) in [6.45, 7) is 1.98. The van der Waals surface area contributed by atoms with Crippen LogP contribution >= 0.6 is 0 Å². The van der Waals surface area contributed by atoms with Crippen LogP contribution in [0.3, 0.4) is 0 Å². The fourth-order valence-electron chi connectivity index (χ4n) is 2.84. The number of hydrogen-bond donors (Lipinski definition) is 2. The average Bonchev–Trinajstić information content (AvgIpc) is 2.90. The molecular formula is C17H13N3O. The predicted octanol–water partition coefficient (Wildman–Crippen LogP) is 3.38. The highest BCUT2D eigenvalue weighted by Crippen LogP contribution is 2.27. The lowest BCUT2D eigenvalue weighted by atomic mass is 10.0. The van der Waals surface area contributed by atoms with Crippen LogP contribution in [-0.4, -0.2) is 15.0 Å². The highest BCUT2D eigenvalue weighted by molar-refractivity contribution is 5.91. The van der Waals surface area contributed by atoms with Gasteiger partial charge in [0, 0.05) is 22.5 Å². The predicted molar refractivity (Wildman–Crippen MR) is 84.4 cm³/mol. The number of hydrogen-bond acceptors (Lipinski definition) is 2. The second-order valence-corrected chi connectivity index (χ2v) is 5.15. The van der Waals surface area contributed by atoms with E-state index in [2.05, 4.69) is 15.0 Å². The number of benzene rings is 1. The maximum atomic E-state index is 12.4. The molecule has 0 atom stereocenters. The molecule has 4 heteroatoms. The Morgan fingerprint density at radius 1 is 1.05 bits per heavy atom. The second-order valence-electron chi connectivity index (χ2n) is 5.15. The van der Waals surface area contributed by atoms with E-state index in [-0.39, 0.29) is 5.56 Å². The number of nitrogens with zero attached hydrogens (tertiary/aromatic N) is 1. The van der Waals surface area contributed by atoms with Crippen molar-refractivity contribution >= 4 is 21.8 Å². The Morgan fingerprint density at radius 2 is 1.90 bits per heavy atom. The quantitative estimate of drug-likeness (QED) is 0.559. The molecule has 4 nitrogen and oxygen atoms in total. The Labute approximate surface area is 120 Å². The smallest absolute Gasteiger partial charge is 0.258 e. The molecule has 1 aromatic carbocycles. The minimum absolute atomic E-state index is 0.0780. The summed E-state index contributed by atoms with van der Waals surface area (Å²) in [4.78, 5) is 22.8. The van der Waals surface area contributed by atoms with Crippen LogP contribution in [0.4, 0.5) is 0 Å². The summed E-state index contributed by atoms with van der Waals surface area (Å²) >= 11 is 0. The van der Waals surface area contributed by atoms with Gasteiger partial charge in [0.25, 0.3) is 5.56 Å². The standard InChI is InChI=1S/C17H13N3O/c1-10-12-4-2-3-5-13(12)20-17(21)16(10)14-8-11-6-7-18-9-15(11)19-14/h2-9,19H,1H3,(H,20,21). The SMILES string of the molecule is Cc1c(-c2cc3ccncc3[nH]2)c(=O)[nH]c2ccccc12. The van der Waals surface area contributed by atoms with E-state index in [1.165, 1.54) is 0 Å². The van der Waals surface area contributed by atoms with Crippen LogP contribution in [0.2, 0.25) is 0 Å². The summed E-state index contributed by atoms with van der Waals surface area (Å²) in [6, 6.07) is 11.8. The minimum Gasteiger partial charge on any atom is -0.353 e. The molecule has 0 aliphatic carbocycles. The van der Waals surface area contributed by atoms with Crippen LogP contribution in [-0.2, 0) is 0 Å². The van der Waals surface area contributed by atoms with Crippen molar-refractivity contribution in [2.24, 2.45) is 0 Å². The van der Waals surface area contributed by atoms with Gasteiger partial charge in [-0.05, 0) is 30.7 Å². The van der Waals surface area contributed by atoms with Gasteiger partial charge in [0.2, 0.25) is 0 Å². The largest absolute Gasteiger partial charge is 0.353 e. The van der Waals surface area contributed by atoms with Gasteiger partial charge in [-0.1, -0.05) is 18.2 Å². The maximum absolute atomic E-state index is 12.4. The Bertz CT molecular complexity index is 994. The van der Waals surface area contributed by atoms with Crippen LogP contribution in [0.5, 0.6) is 0 Å². The molecule has 3 heterocycles. The maximum Gasteiger partial charge on any atom is 0.258 e. The molecule has 0 fully saturated rings. The summed E-state index contributed by atoms with van der Waals surface area (Å²) in [6.07, 6.45) is 3.51. The highest BCUT2D eigenvalue weighted by Gasteiger charge is 2.13. The number of aromatic amines is 2. The molecule has 0 radical (unpaired) electrons. The summed E-state index contributed by atoms with van der Waals surface area (Å²) < 4.78 is 0. The van der Waals surface area contributed by atoms with Gasteiger partial charge in [0.15, 0.2) is 0 Å². The Kier molecular flexibility index (Phi) is 2.44. The molecule has 102 valence electrons. The Balaban J connectivity index is 2.08. The third-order valence-corrected chi connectivity index (χ3v) is 3.87. The number of nitrogens with one attached hydrogen (secondary N) is 2. The van der Waals surface area contributed by atoms with E-state index < -0.39 is 0 Å². The molecule has 3 aromatic heterocycles. The number of para-hydroxylation sites is 1. The van der Waals surface area contributed by atoms with Gasteiger partial charge in [-0.15, -0.1) is 0 Å². The first-order chi connectivity index (χ1) is 10.2. The van der Waals surface area contributed by atoms with Crippen LogP contribution < -0.4 is 5.56 Å². The van der Waals surface area contributed by atoms with Gasteiger partial charge in [0.05, 0.1) is 23.0 Å². The van der Waals surface area contributed by atoms with Crippen molar-refractivity contribution < 1.29 is 0 Å². The summed E-state index contributed by atoms with van der Waals surface area (Å²) in [5, 5.41) is 2.11. The summed E-state index contributed by atoms with van der Waals surface area (Å²) in [5.74, 6) is 0. The molecule has 2 N–H and O–H groups in total. The zero-order valence-corrected chi connectivity index (χ0v) is 11.5. The lowest BCUT2D eigenvalue weighted by molar-refractivity contribution is 1.26. The van der Waals surface area contributed by atoms with Crippen molar-refractivity contribution in [3.63, 3.8) is 0 Å². The van der Waals surface area contributed by atoms with Crippen molar-refractivity contribution in [2.75, 3.05) is 0 Å². The lowest BCUT2D eigenvalue weighted by Crippen LogP contribution is -2.11. The van der Waals surface area contributed by atoms with Gasteiger partial charge < -0.3 is 9.97 Å². The summed E-state index contributed by atoms with van der Waals surface area (Å²) in [7, 11) is 0. The molecule has 0 bridgehead atoms. The van der Waals surface area contributed by atoms with Crippen molar-refractivity contribution in [1.82, 2.24) is 15.0 Å². The molecule has 0 aliphatic rings. The molecular weight excluding hydrogens is 262 g/mol. The number of rotatable bonds is 1. The fourth-order valence-corrected chi connectivity index (χ4v) is 2.84. The number of aromatic nitrogens is 3. The first kappa shape index (κ1) is 11.9. The lowest BCUT2D eigenvalue weighted by Gasteiger charge is -2.07. The zero-order chi connectivity index (χ0) is 14.4. The summed E-state index contributed by atoms with van der Waals surface area (Å²) in [5.41, 5.74) is 4.20. The normalized spacial score (nSPS) is 11.3. The molecule has 0 spiro atoms.